The van der Waals surface area contributed by atoms with E-state index in [0.717, 1.165) is 117 Å². The zero-order valence-corrected chi connectivity index (χ0v) is 47.2. The van der Waals surface area contributed by atoms with Crippen molar-refractivity contribution < 1.29 is 4.42 Å². The molecule has 0 unspecified atom stereocenters. The van der Waals surface area contributed by atoms with E-state index in [1.54, 1.807) is 0 Å². The number of fused-ring (bicyclic) bond motifs is 4. The van der Waals surface area contributed by atoms with Crippen molar-refractivity contribution in [3.8, 4) is 55.6 Å². The topological polar surface area (TPSA) is 22.9 Å². The molecule has 0 amide bonds. The molecule has 0 atom stereocenters. The molecule has 406 valence electrons. The van der Waals surface area contributed by atoms with E-state index in [9.17, 15) is 0 Å². The fourth-order valence-corrected chi connectivity index (χ4v) is 12.1. The molecule has 14 aromatic carbocycles. The van der Waals surface area contributed by atoms with Crippen LogP contribution in [0.3, 0.4) is 0 Å². The summed E-state index contributed by atoms with van der Waals surface area (Å²) < 4.78 is 6.27. The number of hydrogen-bond donors (Lipinski definition) is 0. The maximum Gasteiger partial charge on any atom is 0.135 e. The van der Waals surface area contributed by atoms with Crippen LogP contribution >= 0.6 is 0 Å². The Balaban J connectivity index is 0.965. The SMILES string of the molecule is c1ccc(-c2ccc(N(c3ccc(-c4ccccc4)cc3)c3cc(N(c4ccc(-c5ccccc5)cc4)c4ccc(-c5ccccc5)cc4)cc(N(c4ccc(-c5ccc6oc7ccccc7c6c5)cc4)c4cccc5ccccc45)c3)cc2)cc1. The van der Waals surface area contributed by atoms with Gasteiger partial charge in [-0.3, -0.25) is 0 Å². The maximum atomic E-state index is 6.27. The van der Waals surface area contributed by atoms with Crippen LogP contribution < -0.4 is 14.7 Å². The fraction of sp³-hybridized carbons (Fsp3) is 0. The van der Waals surface area contributed by atoms with Gasteiger partial charge in [0.1, 0.15) is 11.2 Å². The van der Waals surface area contributed by atoms with Crippen molar-refractivity contribution in [2.24, 2.45) is 0 Å². The monoisotopic (exact) mass is 1100 g/mol. The van der Waals surface area contributed by atoms with Gasteiger partial charge in [0.05, 0.1) is 22.7 Å². The van der Waals surface area contributed by atoms with Gasteiger partial charge in [0.15, 0.2) is 0 Å². The molecule has 0 fully saturated rings. The molecule has 0 aliphatic carbocycles. The Kier molecular flexibility index (Phi) is 13.6. The number of nitrogens with zero attached hydrogens (tertiary/aromatic N) is 3. The highest BCUT2D eigenvalue weighted by Gasteiger charge is 2.24. The number of para-hydroxylation sites is 1. The average molecular weight is 1100 g/mol. The number of benzene rings is 14. The Morgan fingerprint density at radius 1 is 0.174 bits per heavy atom. The largest absolute Gasteiger partial charge is 0.456 e. The fourth-order valence-electron chi connectivity index (χ4n) is 12.1. The van der Waals surface area contributed by atoms with Gasteiger partial charge >= 0.3 is 0 Å². The number of furan rings is 1. The maximum absolute atomic E-state index is 6.27. The van der Waals surface area contributed by atoms with Gasteiger partial charge in [-0.1, -0.05) is 243 Å². The second kappa shape index (κ2) is 22.7. The summed E-state index contributed by atoms with van der Waals surface area (Å²) in [5, 5.41) is 4.51. The molecule has 15 aromatic rings. The summed E-state index contributed by atoms with van der Waals surface area (Å²) in [6.07, 6.45) is 0. The molecular weight excluding hydrogens is 1040 g/mol. The second-order valence-electron chi connectivity index (χ2n) is 21.7. The normalized spacial score (nSPS) is 11.3. The zero-order chi connectivity index (χ0) is 57.2. The van der Waals surface area contributed by atoms with Gasteiger partial charge in [0.2, 0.25) is 0 Å². The summed E-state index contributed by atoms with van der Waals surface area (Å²) in [6, 6.07) is 125. The predicted molar refractivity (Wildman–Crippen MR) is 362 cm³/mol. The average Bonchev–Trinajstić information content (AvgIpc) is 2.31. The molecule has 1 aromatic heterocycles. The first kappa shape index (κ1) is 51.4. The van der Waals surface area contributed by atoms with Crippen LogP contribution in [0.25, 0.3) is 88.3 Å². The highest BCUT2D eigenvalue weighted by molar-refractivity contribution is 6.06. The molecule has 1 heterocycles. The Morgan fingerprint density at radius 3 is 0.907 bits per heavy atom. The third-order valence-electron chi connectivity index (χ3n) is 16.4. The molecule has 0 radical (unpaired) electrons. The molecule has 15 rings (SSSR count). The Hall–Kier alpha value is -11.5. The van der Waals surface area contributed by atoms with Gasteiger partial charge in [0, 0.05) is 44.6 Å². The third kappa shape index (κ3) is 10.1. The van der Waals surface area contributed by atoms with Crippen LogP contribution in [0.4, 0.5) is 51.2 Å². The van der Waals surface area contributed by atoms with E-state index in [4.69, 9.17) is 4.42 Å². The lowest BCUT2D eigenvalue weighted by atomic mass is 10.0. The molecule has 0 bridgehead atoms. The Bertz CT molecular complexity index is 4460. The smallest absolute Gasteiger partial charge is 0.135 e. The quantitative estimate of drug-likeness (QED) is 0.108. The van der Waals surface area contributed by atoms with Gasteiger partial charge in [-0.15, -0.1) is 0 Å². The van der Waals surface area contributed by atoms with Crippen molar-refractivity contribution >= 4 is 83.9 Å². The summed E-state index contributed by atoms with van der Waals surface area (Å²) in [5.74, 6) is 0. The van der Waals surface area contributed by atoms with Crippen LogP contribution in [0.2, 0.25) is 0 Å². The first-order valence-electron chi connectivity index (χ1n) is 29.3. The van der Waals surface area contributed by atoms with Crippen molar-refractivity contribution in [3.63, 3.8) is 0 Å². The van der Waals surface area contributed by atoms with Crippen molar-refractivity contribution in [2.75, 3.05) is 14.7 Å². The van der Waals surface area contributed by atoms with Crippen molar-refractivity contribution in [3.05, 3.63) is 346 Å². The molecule has 4 nitrogen and oxygen atoms in total. The lowest BCUT2D eigenvalue weighted by molar-refractivity contribution is 0.669. The predicted octanol–water partition coefficient (Wildman–Crippen LogP) is 23.5. The molecule has 0 N–H and O–H groups in total. The molecule has 0 spiro atoms. The van der Waals surface area contributed by atoms with Gasteiger partial charge in [-0.05, 0) is 164 Å². The van der Waals surface area contributed by atoms with E-state index in [0.29, 0.717) is 0 Å². The summed E-state index contributed by atoms with van der Waals surface area (Å²) >= 11 is 0. The van der Waals surface area contributed by atoms with E-state index >= 15 is 0 Å². The summed E-state index contributed by atoms with van der Waals surface area (Å²) in [5.41, 5.74) is 22.4. The Morgan fingerprint density at radius 2 is 0.477 bits per heavy atom. The van der Waals surface area contributed by atoms with E-state index in [1.807, 2.05) is 12.1 Å². The molecule has 0 saturated heterocycles. The zero-order valence-electron chi connectivity index (χ0n) is 47.2. The van der Waals surface area contributed by atoms with E-state index in [1.165, 1.54) is 22.3 Å². The lowest BCUT2D eigenvalue weighted by Crippen LogP contribution is -2.16. The summed E-state index contributed by atoms with van der Waals surface area (Å²) in [7, 11) is 0. The summed E-state index contributed by atoms with van der Waals surface area (Å²) in [4.78, 5) is 7.26. The first-order chi connectivity index (χ1) is 42.6. The van der Waals surface area contributed by atoms with Gasteiger partial charge in [-0.2, -0.15) is 0 Å². The molecule has 86 heavy (non-hydrogen) atoms. The van der Waals surface area contributed by atoms with Crippen molar-refractivity contribution in [1.82, 2.24) is 0 Å². The molecule has 0 saturated carbocycles. The van der Waals surface area contributed by atoms with Crippen LogP contribution in [0.5, 0.6) is 0 Å². The first-order valence-corrected chi connectivity index (χ1v) is 29.3. The van der Waals surface area contributed by atoms with Crippen LogP contribution in [0, 0.1) is 0 Å². The van der Waals surface area contributed by atoms with Gasteiger partial charge in [0.25, 0.3) is 0 Å². The molecule has 4 heteroatoms. The highest BCUT2D eigenvalue weighted by Crippen LogP contribution is 2.48. The van der Waals surface area contributed by atoms with E-state index in [-0.39, 0.29) is 0 Å². The highest BCUT2D eigenvalue weighted by atomic mass is 16.3. The van der Waals surface area contributed by atoms with Crippen LogP contribution in [0.15, 0.2) is 350 Å². The molecular formula is C82H57N3O. The number of anilines is 9. The van der Waals surface area contributed by atoms with Crippen LogP contribution in [-0.4, -0.2) is 0 Å². The van der Waals surface area contributed by atoms with E-state index in [2.05, 4.69) is 348 Å². The summed E-state index contributed by atoms with van der Waals surface area (Å²) in [6.45, 7) is 0. The minimum atomic E-state index is 0.881. The number of rotatable bonds is 14. The molecule has 0 aliphatic heterocycles. The standard InChI is InChI=1S/C82H57N3O/c1-5-18-58(19-6-1)62-32-43-69(44-33-62)83(70-45-34-63(35-46-70)59-20-7-2-8-21-59)74-55-75(84(71-47-36-64(37-48-71)60-22-9-3-10-23-60)72-49-38-65(39-50-72)61-24-11-4-12-25-61)57-76(56-74)85(80-30-17-27-67-26-13-14-28-77(67)80)73-51-40-66(41-52-73)68-42-53-82-79(54-68)78-29-15-16-31-81(78)86-82/h1-57H. The minimum absolute atomic E-state index is 0.881. The lowest BCUT2D eigenvalue weighted by Gasteiger charge is -2.33. The second-order valence-corrected chi connectivity index (χ2v) is 21.7. The van der Waals surface area contributed by atoms with Gasteiger partial charge < -0.3 is 19.1 Å². The van der Waals surface area contributed by atoms with Crippen LogP contribution in [-0.2, 0) is 0 Å². The van der Waals surface area contributed by atoms with Crippen LogP contribution in [0.1, 0.15) is 0 Å². The Labute approximate surface area is 501 Å². The van der Waals surface area contributed by atoms with E-state index < -0.39 is 0 Å². The van der Waals surface area contributed by atoms with Crippen molar-refractivity contribution in [1.29, 1.82) is 0 Å². The third-order valence-corrected chi connectivity index (χ3v) is 16.4. The van der Waals surface area contributed by atoms with Crippen molar-refractivity contribution in [2.45, 2.75) is 0 Å². The van der Waals surface area contributed by atoms with Gasteiger partial charge in [-0.25, -0.2) is 0 Å². The molecule has 0 aliphatic rings. The number of hydrogen-bond acceptors (Lipinski definition) is 4. The minimum Gasteiger partial charge on any atom is -0.456 e.